The van der Waals surface area contributed by atoms with Crippen molar-refractivity contribution in [1.29, 1.82) is 0 Å². The van der Waals surface area contributed by atoms with Gasteiger partial charge < -0.3 is 4.80 Å². The zero-order valence-corrected chi connectivity index (χ0v) is 8.28. The second kappa shape index (κ2) is 4.91. The summed E-state index contributed by atoms with van der Waals surface area (Å²) in [6.07, 6.45) is 3.80. The maximum atomic E-state index is 8.73. The third-order valence-corrected chi connectivity index (χ3v) is 2.88. The monoisotopic (exact) mass is 158 g/mol. The van der Waals surface area contributed by atoms with Crippen LogP contribution in [0.1, 0.15) is 40.0 Å². The maximum absolute atomic E-state index is 8.73. The van der Waals surface area contributed by atoms with Crippen molar-refractivity contribution in [2.24, 2.45) is 5.41 Å². The standard InChI is InChI=1S/C8H18OSi/c1-4-5-6-8(2,3)7-10-9/h9H,4-7H2,1-3H3. The summed E-state index contributed by atoms with van der Waals surface area (Å²) in [5.74, 6) is 0. The van der Waals surface area contributed by atoms with E-state index in [1.807, 2.05) is 0 Å². The molecule has 1 N–H and O–H groups in total. The Morgan fingerprint density at radius 3 is 2.40 bits per heavy atom. The zero-order valence-electron chi connectivity index (χ0n) is 7.28. The van der Waals surface area contributed by atoms with Gasteiger partial charge in [-0.1, -0.05) is 33.6 Å². The summed E-state index contributed by atoms with van der Waals surface area (Å²) in [5, 5.41) is 0. The third-order valence-electron chi connectivity index (χ3n) is 1.76. The first-order valence-corrected chi connectivity index (χ1v) is 5.15. The summed E-state index contributed by atoms with van der Waals surface area (Å²) in [6.45, 7) is 6.66. The molecule has 0 fully saturated rings. The first kappa shape index (κ1) is 10.2. The Labute approximate surface area is 66.8 Å². The van der Waals surface area contributed by atoms with Crippen LogP contribution in [0.2, 0.25) is 6.04 Å². The van der Waals surface area contributed by atoms with Crippen molar-refractivity contribution in [3.63, 3.8) is 0 Å². The van der Waals surface area contributed by atoms with E-state index in [1.54, 1.807) is 0 Å². The molecule has 1 nitrogen and oxygen atoms in total. The lowest BCUT2D eigenvalue weighted by Gasteiger charge is -2.22. The predicted molar refractivity (Wildman–Crippen MR) is 46.1 cm³/mol. The normalized spacial score (nSPS) is 12.0. The number of unbranched alkanes of at least 4 members (excludes halogenated alkanes) is 1. The molecule has 0 bridgehead atoms. The van der Waals surface area contributed by atoms with Gasteiger partial charge in [-0.2, -0.15) is 0 Å². The van der Waals surface area contributed by atoms with Crippen LogP contribution in [0, 0.1) is 5.41 Å². The molecule has 0 aromatic carbocycles. The van der Waals surface area contributed by atoms with E-state index in [1.165, 1.54) is 19.3 Å². The van der Waals surface area contributed by atoms with E-state index >= 15 is 0 Å². The van der Waals surface area contributed by atoms with Crippen LogP contribution in [0.4, 0.5) is 0 Å². The van der Waals surface area contributed by atoms with E-state index < -0.39 is 0 Å². The molecule has 0 atom stereocenters. The summed E-state index contributed by atoms with van der Waals surface area (Å²) in [6, 6.07) is 0.965. The van der Waals surface area contributed by atoms with Gasteiger partial charge in [-0.25, -0.2) is 0 Å². The minimum Gasteiger partial charge on any atom is -0.432 e. The molecule has 0 heterocycles. The first-order chi connectivity index (χ1) is 4.62. The van der Waals surface area contributed by atoms with Crippen LogP contribution in [0.5, 0.6) is 0 Å². The summed E-state index contributed by atoms with van der Waals surface area (Å²) in [4.78, 5) is 8.73. The van der Waals surface area contributed by atoms with Crippen LogP contribution in [0.3, 0.4) is 0 Å². The van der Waals surface area contributed by atoms with Gasteiger partial charge in [0.2, 0.25) is 9.76 Å². The molecule has 0 amide bonds. The Balaban J connectivity index is 3.42. The highest BCUT2D eigenvalue weighted by atomic mass is 28.2. The van der Waals surface area contributed by atoms with Crippen molar-refractivity contribution in [2.75, 3.05) is 0 Å². The Kier molecular flexibility index (Phi) is 5.00. The Morgan fingerprint density at radius 1 is 1.40 bits per heavy atom. The van der Waals surface area contributed by atoms with Crippen LogP contribution in [0.25, 0.3) is 0 Å². The summed E-state index contributed by atoms with van der Waals surface area (Å²) in [7, 11) is 0.120. The minimum absolute atomic E-state index is 0.120. The molecule has 0 saturated carbocycles. The summed E-state index contributed by atoms with van der Waals surface area (Å²) in [5.41, 5.74) is 0.364. The number of rotatable bonds is 5. The van der Waals surface area contributed by atoms with Crippen molar-refractivity contribution in [3.05, 3.63) is 0 Å². The Bertz CT molecular complexity index is 81.3. The predicted octanol–water partition coefficient (Wildman–Crippen LogP) is 2.23. The molecule has 0 aromatic rings. The molecule has 0 unspecified atom stereocenters. The number of hydrogen-bond acceptors (Lipinski definition) is 1. The van der Waals surface area contributed by atoms with Gasteiger partial charge in [-0.05, 0) is 17.9 Å². The molecule has 0 aromatic heterocycles. The third kappa shape index (κ3) is 5.00. The molecule has 0 aliphatic heterocycles. The first-order valence-electron chi connectivity index (χ1n) is 3.99. The summed E-state index contributed by atoms with van der Waals surface area (Å²) < 4.78 is 0. The molecule has 2 heteroatoms. The molecular formula is C8H18OSi. The van der Waals surface area contributed by atoms with E-state index in [-0.39, 0.29) is 9.76 Å². The van der Waals surface area contributed by atoms with Gasteiger partial charge in [-0.15, -0.1) is 0 Å². The second-order valence-electron chi connectivity index (χ2n) is 3.60. The van der Waals surface area contributed by atoms with Crippen LogP contribution in [0.15, 0.2) is 0 Å². The van der Waals surface area contributed by atoms with E-state index in [2.05, 4.69) is 20.8 Å². The lowest BCUT2D eigenvalue weighted by molar-refractivity contribution is 0.352. The zero-order chi connectivity index (χ0) is 8.04. The van der Waals surface area contributed by atoms with Crippen LogP contribution < -0.4 is 0 Å². The van der Waals surface area contributed by atoms with Gasteiger partial charge in [0.15, 0.2) is 0 Å². The van der Waals surface area contributed by atoms with Gasteiger partial charge in [0.25, 0.3) is 0 Å². The van der Waals surface area contributed by atoms with Crippen molar-refractivity contribution < 1.29 is 4.80 Å². The minimum atomic E-state index is 0.120. The van der Waals surface area contributed by atoms with Gasteiger partial charge in [0, 0.05) is 0 Å². The summed E-state index contributed by atoms with van der Waals surface area (Å²) >= 11 is 0. The van der Waals surface area contributed by atoms with Crippen LogP contribution in [-0.4, -0.2) is 14.6 Å². The maximum Gasteiger partial charge on any atom is 0.224 e. The molecular weight excluding hydrogens is 140 g/mol. The van der Waals surface area contributed by atoms with Crippen LogP contribution >= 0.6 is 0 Å². The van der Waals surface area contributed by atoms with Crippen molar-refractivity contribution >= 4 is 9.76 Å². The van der Waals surface area contributed by atoms with E-state index in [9.17, 15) is 0 Å². The van der Waals surface area contributed by atoms with Gasteiger partial charge >= 0.3 is 0 Å². The SMILES string of the molecule is CCCCC(C)(C)C[Si]O. The molecule has 10 heavy (non-hydrogen) atoms. The largest absolute Gasteiger partial charge is 0.432 e. The highest BCUT2D eigenvalue weighted by molar-refractivity contribution is 6.25. The second-order valence-corrected chi connectivity index (χ2v) is 4.27. The van der Waals surface area contributed by atoms with Gasteiger partial charge in [-0.3, -0.25) is 0 Å². The lowest BCUT2D eigenvalue weighted by atomic mass is 9.90. The molecule has 0 aliphatic carbocycles. The van der Waals surface area contributed by atoms with Crippen LogP contribution in [-0.2, 0) is 0 Å². The van der Waals surface area contributed by atoms with Gasteiger partial charge in [0.05, 0.1) is 0 Å². The molecule has 0 aliphatic rings. The van der Waals surface area contributed by atoms with E-state index in [0.29, 0.717) is 5.41 Å². The quantitative estimate of drug-likeness (QED) is 0.608. The fourth-order valence-electron chi connectivity index (χ4n) is 0.958. The highest BCUT2D eigenvalue weighted by Crippen LogP contribution is 2.26. The fraction of sp³-hybridized carbons (Fsp3) is 1.00. The van der Waals surface area contributed by atoms with Gasteiger partial charge in [0.1, 0.15) is 0 Å². The van der Waals surface area contributed by atoms with Crippen molar-refractivity contribution in [2.45, 2.75) is 46.1 Å². The molecule has 0 saturated heterocycles. The smallest absolute Gasteiger partial charge is 0.224 e. The highest BCUT2D eigenvalue weighted by Gasteiger charge is 2.16. The molecule has 2 radical (unpaired) electrons. The Hall–Kier alpha value is 0.177. The Morgan fingerprint density at radius 2 is 2.00 bits per heavy atom. The fourth-order valence-corrected chi connectivity index (χ4v) is 1.56. The lowest BCUT2D eigenvalue weighted by Crippen LogP contribution is -2.13. The molecule has 0 rings (SSSR count). The van der Waals surface area contributed by atoms with E-state index in [0.717, 1.165) is 6.04 Å². The van der Waals surface area contributed by atoms with Crippen molar-refractivity contribution in [3.8, 4) is 0 Å². The number of hydrogen-bond donors (Lipinski definition) is 1. The molecule has 0 spiro atoms. The average Bonchev–Trinajstić information content (AvgIpc) is 1.84. The van der Waals surface area contributed by atoms with E-state index in [4.69, 9.17) is 4.80 Å². The molecule has 60 valence electrons. The topological polar surface area (TPSA) is 20.2 Å². The van der Waals surface area contributed by atoms with Crippen molar-refractivity contribution in [1.82, 2.24) is 0 Å². The average molecular weight is 158 g/mol.